The molecule has 0 saturated carbocycles. The lowest BCUT2D eigenvalue weighted by atomic mass is 10.0. The average molecular weight is 287 g/mol. The summed E-state index contributed by atoms with van der Waals surface area (Å²) in [6, 6.07) is 7.68. The first kappa shape index (κ1) is 15.6. The molecule has 112 valence electrons. The van der Waals surface area contributed by atoms with E-state index in [1.807, 2.05) is 24.3 Å². The van der Waals surface area contributed by atoms with E-state index in [0.717, 1.165) is 17.5 Å². The number of carbonyl (C=O) groups excluding carboxylic acids is 1. The largest absolute Gasteiger partial charge is 0.384 e. The molecule has 1 heterocycles. The average Bonchev–Trinajstić information content (AvgIpc) is 2.92. The molecule has 1 N–H and O–H groups in total. The van der Waals surface area contributed by atoms with Gasteiger partial charge in [-0.1, -0.05) is 30.9 Å². The van der Waals surface area contributed by atoms with E-state index in [1.165, 1.54) is 0 Å². The van der Waals surface area contributed by atoms with Crippen molar-refractivity contribution in [3.8, 4) is 11.8 Å². The molecular formula is C17H21NO3. The summed E-state index contributed by atoms with van der Waals surface area (Å²) < 4.78 is 5.52. The molecule has 4 nitrogen and oxygen atoms in total. The summed E-state index contributed by atoms with van der Waals surface area (Å²) in [5, 5.41) is 8.66. The maximum atomic E-state index is 12.3. The van der Waals surface area contributed by atoms with Crippen molar-refractivity contribution in [2.75, 3.05) is 20.3 Å². The van der Waals surface area contributed by atoms with Crippen LogP contribution in [0.1, 0.15) is 24.5 Å². The highest BCUT2D eigenvalue weighted by atomic mass is 16.5. The summed E-state index contributed by atoms with van der Waals surface area (Å²) in [5.41, 5.74) is 1.90. The lowest BCUT2D eigenvalue weighted by Crippen LogP contribution is -2.38. The second kappa shape index (κ2) is 7.26. The smallest absolute Gasteiger partial charge is 0.252 e. The molecule has 21 heavy (non-hydrogen) atoms. The number of likely N-dealkylation sites (N-methyl/N-ethyl adjacent to an activating group) is 1. The zero-order chi connectivity index (χ0) is 15.2. The molecule has 0 aromatic heterocycles. The van der Waals surface area contributed by atoms with Gasteiger partial charge in [0.1, 0.15) is 12.7 Å². The van der Waals surface area contributed by atoms with Crippen molar-refractivity contribution in [1.29, 1.82) is 0 Å². The number of hydrogen-bond donors (Lipinski definition) is 1. The first-order valence-corrected chi connectivity index (χ1v) is 7.17. The summed E-state index contributed by atoms with van der Waals surface area (Å²) in [7, 11) is 1.80. The van der Waals surface area contributed by atoms with Crippen molar-refractivity contribution in [2.24, 2.45) is 5.92 Å². The molecule has 1 aliphatic rings. The molecule has 4 heteroatoms. The van der Waals surface area contributed by atoms with Crippen LogP contribution in [0.25, 0.3) is 0 Å². The molecule has 1 aromatic rings. The van der Waals surface area contributed by atoms with Crippen molar-refractivity contribution >= 4 is 5.91 Å². The number of carbonyl (C=O) groups is 1. The predicted octanol–water partition coefficient (Wildman–Crippen LogP) is 1.41. The molecule has 1 amide bonds. The zero-order valence-corrected chi connectivity index (χ0v) is 12.5. The Balaban J connectivity index is 1.95. The first-order valence-electron chi connectivity index (χ1n) is 7.17. The fraction of sp³-hybridized carbons (Fsp3) is 0.471. The van der Waals surface area contributed by atoms with Gasteiger partial charge in [-0.2, -0.15) is 0 Å². The zero-order valence-electron chi connectivity index (χ0n) is 12.5. The van der Waals surface area contributed by atoms with Crippen LogP contribution in [0.15, 0.2) is 24.3 Å². The number of aliphatic hydroxyl groups is 1. The first-order chi connectivity index (χ1) is 10.1. The van der Waals surface area contributed by atoms with Crippen molar-refractivity contribution in [2.45, 2.75) is 26.0 Å². The van der Waals surface area contributed by atoms with Crippen LogP contribution < -0.4 is 0 Å². The van der Waals surface area contributed by atoms with Gasteiger partial charge in [0.05, 0.1) is 0 Å². The fourth-order valence-corrected chi connectivity index (χ4v) is 2.42. The molecule has 1 aromatic carbocycles. The van der Waals surface area contributed by atoms with Crippen LogP contribution in [0.5, 0.6) is 0 Å². The third-order valence-electron chi connectivity index (χ3n) is 3.69. The van der Waals surface area contributed by atoms with Crippen molar-refractivity contribution in [1.82, 2.24) is 4.90 Å². The Morgan fingerprint density at radius 1 is 1.43 bits per heavy atom. The number of aliphatic hydroxyl groups excluding tert-OH is 1. The third kappa shape index (κ3) is 4.07. The molecule has 0 bridgehead atoms. The van der Waals surface area contributed by atoms with E-state index in [1.54, 1.807) is 11.9 Å². The van der Waals surface area contributed by atoms with Crippen LogP contribution in [-0.4, -0.2) is 42.3 Å². The molecule has 1 fully saturated rings. The standard InChI is InChI=1S/C17H21NO3/c1-13-9-11-21-16(13)17(20)18(2)12-15-7-5-14(6-8-15)4-3-10-19/h5-8,13,16,19H,9-12H2,1-2H3. The molecule has 0 spiro atoms. The van der Waals surface area contributed by atoms with E-state index in [4.69, 9.17) is 9.84 Å². The van der Waals surface area contributed by atoms with Crippen LogP contribution >= 0.6 is 0 Å². The van der Waals surface area contributed by atoms with Gasteiger partial charge in [-0.15, -0.1) is 0 Å². The van der Waals surface area contributed by atoms with Crippen molar-refractivity contribution in [3.63, 3.8) is 0 Å². The van der Waals surface area contributed by atoms with Gasteiger partial charge in [0.25, 0.3) is 5.91 Å². The highest BCUT2D eigenvalue weighted by Crippen LogP contribution is 2.22. The number of nitrogens with zero attached hydrogens (tertiary/aromatic N) is 1. The molecule has 2 rings (SSSR count). The number of benzene rings is 1. The van der Waals surface area contributed by atoms with Gasteiger partial charge < -0.3 is 14.7 Å². The quantitative estimate of drug-likeness (QED) is 0.855. The van der Waals surface area contributed by atoms with E-state index in [2.05, 4.69) is 18.8 Å². The lowest BCUT2D eigenvalue weighted by Gasteiger charge is -2.23. The Labute approximate surface area is 125 Å². The minimum Gasteiger partial charge on any atom is -0.384 e. The third-order valence-corrected chi connectivity index (χ3v) is 3.69. The summed E-state index contributed by atoms with van der Waals surface area (Å²) >= 11 is 0. The summed E-state index contributed by atoms with van der Waals surface area (Å²) in [5.74, 6) is 5.79. The van der Waals surface area contributed by atoms with Gasteiger partial charge in [0, 0.05) is 25.8 Å². The Morgan fingerprint density at radius 3 is 2.71 bits per heavy atom. The molecule has 2 atom stereocenters. The normalized spacial score (nSPS) is 20.7. The number of amides is 1. The maximum absolute atomic E-state index is 12.3. The Hall–Kier alpha value is -1.83. The SMILES string of the molecule is CC1CCOC1C(=O)N(C)Cc1ccc(C#CCO)cc1. The highest BCUT2D eigenvalue weighted by molar-refractivity contribution is 5.81. The molecule has 0 radical (unpaired) electrons. The highest BCUT2D eigenvalue weighted by Gasteiger charge is 2.32. The van der Waals surface area contributed by atoms with E-state index >= 15 is 0 Å². The molecule has 1 saturated heterocycles. The lowest BCUT2D eigenvalue weighted by molar-refractivity contribution is -0.141. The van der Waals surface area contributed by atoms with Crippen LogP contribution in [-0.2, 0) is 16.1 Å². The van der Waals surface area contributed by atoms with Crippen molar-refractivity contribution < 1.29 is 14.6 Å². The topological polar surface area (TPSA) is 49.8 Å². The van der Waals surface area contributed by atoms with Crippen LogP contribution in [0, 0.1) is 17.8 Å². The van der Waals surface area contributed by atoms with Crippen LogP contribution in [0.2, 0.25) is 0 Å². The van der Waals surface area contributed by atoms with Crippen LogP contribution in [0.4, 0.5) is 0 Å². The fourth-order valence-electron chi connectivity index (χ4n) is 2.42. The van der Waals surface area contributed by atoms with Gasteiger partial charge in [0.2, 0.25) is 0 Å². The van der Waals surface area contributed by atoms with Gasteiger partial charge in [-0.25, -0.2) is 0 Å². The van der Waals surface area contributed by atoms with Gasteiger partial charge in [-0.3, -0.25) is 4.79 Å². The molecule has 2 unspecified atom stereocenters. The predicted molar refractivity (Wildman–Crippen MR) is 80.4 cm³/mol. The van der Waals surface area contributed by atoms with Crippen LogP contribution in [0.3, 0.4) is 0 Å². The maximum Gasteiger partial charge on any atom is 0.252 e. The van der Waals surface area contributed by atoms with E-state index in [0.29, 0.717) is 13.2 Å². The van der Waals surface area contributed by atoms with E-state index < -0.39 is 0 Å². The Kier molecular flexibility index (Phi) is 5.38. The molecular weight excluding hydrogens is 266 g/mol. The number of hydrogen-bond acceptors (Lipinski definition) is 3. The Bertz CT molecular complexity index is 541. The number of rotatable bonds is 3. The minimum absolute atomic E-state index is 0.0455. The van der Waals surface area contributed by atoms with Gasteiger partial charge >= 0.3 is 0 Å². The minimum atomic E-state index is -0.301. The second-order valence-electron chi connectivity index (χ2n) is 5.41. The summed E-state index contributed by atoms with van der Waals surface area (Å²) in [6.45, 7) is 3.14. The second-order valence-corrected chi connectivity index (χ2v) is 5.41. The number of ether oxygens (including phenoxy) is 1. The summed E-state index contributed by atoms with van der Waals surface area (Å²) in [6.07, 6.45) is 0.646. The van der Waals surface area contributed by atoms with E-state index in [-0.39, 0.29) is 24.5 Å². The molecule has 0 aliphatic carbocycles. The van der Waals surface area contributed by atoms with Gasteiger partial charge in [-0.05, 0) is 30.0 Å². The Morgan fingerprint density at radius 2 is 2.14 bits per heavy atom. The van der Waals surface area contributed by atoms with E-state index in [9.17, 15) is 4.79 Å². The summed E-state index contributed by atoms with van der Waals surface area (Å²) in [4.78, 5) is 14.0. The van der Waals surface area contributed by atoms with Gasteiger partial charge in [0.15, 0.2) is 0 Å². The monoisotopic (exact) mass is 287 g/mol. The molecule has 1 aliphatic heterocycles. The van der Waals surface area contributed by atoms with Crippen molar-refractivity contribution in [3.05, 3.63) is 35.4 Å².